The van der Waals surface area contributed by atoms with Gasteiger partial charge in [0.2, 0.25) is 10.0 Å². The van der Waals surface area contributed by atoms with Crippen LogP contribution in [-0.2, 0) is 10.0 Å². The number of piperazine rings is 1. The van der Waals surface area contributed by atoms with Crippen LogP contribution in [0.5, 0.6) is 0 Å². The van der Waals surface area contributed by atoms with E-state index < -0.39 is 10.0 Å². The van der Waals surface area contributed by atoms with E-state index in [9.17, 15) is 8.42 Å². The second-order valence-corrected chi connectivity index (χ2v) is 4.95. The molecule has 1 aliphatic heterocycles. The van der Waals surface area contributed by atoms with Crippen LogP contribution in [0.2, 0.25) is 0 Å². The first-order valence-electron chi connectivity index (χ1n) is 5.64. The molecule has 5 heteroatoms. The molecule has 0 aromatic carbocycles. The summed E-state index contributed by atoms with van der Waals surface area (Å²) in [5.41, 5.74) is 0. The summed E-state index contributed by atoms with van der Waals surface area (Å²) in [4.78, 5) is 2.13. The second-order valence-electron chi connectivity index (χ2n) is 2.97. The van der Waals surface area contributed by atoms with Gasteiger partial charge in [-0.1, -0.05) is 27.7 Å². The van der Waals surface area contributed by atoms with Gasteiger partial charge in [0, 0.05) is 26.2 Å². The predicted octanol–water partition coefficient (Wildman–Crippen LogP) is 1.25. The molecule has 0 radical (unpaired) electrons. The largest absolute Gasteiger partial charge is 0.304 e. The standard InChI is InChI=1S/C6H14N2O2S.2C2H6/c1-7-3-5-8(6-4-7)11(2,9)10;2*1-2/h3-6H2,1-2H3;2*1-2H3. The van der Waals surface area contributed by atoms with Crippen molar-refractivity contribution in [3.05, 3.63) is 0 Å². The number of nitrogens with zero attached hydrogens (tertiary/aromatic N) is 2. The summed E-state index contributed by atoms with van der Waals surface area (Å²) in [5.74, 6) is 0. The molecule has 0 amide bonds. The highest BCUT2D eigenvalue weighted by Gasteiger charge is 2.20. The molecule has 4 nitrogen and oxygen atoms in total. The summed E-state index contributed by atoms with van der Waals surface area (Å²) in [6.45, 7) is 10.9. The fourth-order valence-corrected chi connectivity index (χ4v) is 1.95. The van der Waals surface area contributed by atoms with Crippen LogP contribution in [0.25, 0.3) is 0 Å². The Morgan fingerprint density at radius 2 is 1.20 bits per heavy atom. The lowest BCUT2D eigenvalue weighted by Crippen LogP contribution is -2.46. The van der Waals surface area contributed by atoms with Gasteiger partial charge < -0.3 is 4.90 Å². The fourth-order valence-electron chi connectivity index (χ4n) is 1.12. The van der Waals surface area contributed by atoms with E-state index in [1.54, 1.807) is 0 Å². The fraction of sp³-hybridized carbons (Fsp3) is 1.00. The van der Waals surface area contributed by atoms with Gasteiger partial charge >= 0.3 is 0 Å². The van der Waals surface area contributed by atoms with Gasteiger partial charge in [0.1, 0.15) is 0 Å². The molecule has 0 saturated carbocycles. The van der Waals surface area contributed by atoms with Crippen molar-refractivity contribution in [3.8, 4) is 0 Å². The van der Waals surface area contributed by atoms with E-state index in [-0.39, 0.29) is 0 Å². The van der Waals surface area contributed by atoms with Gasteiger partial charge in [0.25, 0.3) is 0 Å². The molecule has 15 heavy (non-hydrogen) atoms. The maximum atomic E-state index is 11.0. The molecule has 1 saturated heterocycles. The summed E-state index contributed by atoms with van der Waals surface area (Å²) in [6.07, 6.45) is 1.26. The molecular weight excluding hydrogens is 212 g/mol. The van der Waals surface area contributed by atoms with Crippen molar-refractivity contribution in [1.29, 1.82) is 0 Å². The first-order chi connectivity index (χ1) is 7.00. The van der Waals surface area contributed by atoms with Crippen LogP contribution in [-0.4, -0.2) is 57.1 Å². The monoisotopic (exact) mass is 238 g/mol. The Morgan fingerprint density at radius 1 is 0.867 bits per heavy atom. The minimum absolute atomic E-state index is 0.634. The summed E-state index contributed by atoms with van der Waals surface area (Å²) in [5, 5.41) is 0. The Balaban J connectivity index is 0. The van der Waals surface area contributed by atoms with Crippen molar-refractivity contribution >= 4 is 10.0 Å². The summed E-state index contributed by atoms with van der Waals surface area (Å²) >= 11 is 0. The average molecular weight is 238 g/mol. The average Bonchev–Trinajstić information content (AvgIpc) is 2.23. The number of rotatable bonds is 1. The maximum absolute atomic E-state index is 11.0. The molecule has 0 aromatic rings. The highest BCUT2D eigenvalue weighted by Crippen LogP contribution is 2.03. The van der Waals surface area contributed by atoms with Gasteiger partial charge in [-0.2, -0.15) is 4.31 Å². The molecule has 1 aliphatic rings. The lowest BCUT2D eigenvalue weighted by molar-refractivity contribution is 0.223. The third-order valence-corrected chi connectivity index (χ3v) is 3.23. The molecular formula is C10H26N2O2S. The van der Waals surface area contributed by atoms with Crippen LogP contribution in [0.1, 0.15) is 27.7 Å². The Kier molecular flexibility index (Phi) is 10.5. The number of sulfonamides is 1. The minimum atomic E-state index is -2.94. The van der Waals surface area contributed by atoms with Gasteiger partial charge in [-0.15, -0.1) is 0 Å². The van der Waals surface area contributed by atoms with E-state index in [1.165, 1.54) is 10.6 Å². The highest BCUT2D eigenvalue weighted by atomic mass is 32.2. The maximum Gasteiger partial charge on any atom is 0.211 e. The molecule has 0 bridgehead atoms. The van der Waals surface area contributed by atoms with E-state index in [4.69, 9.17) is 0 Å². The molecule has 0 atom stereocenters. The molecule has 1 heterocycles. The lowest BCUT2D eigenvalue weighted by Gasteiger charge is -2.30. The van der Waals surface area contributed by atoms with Crippen molar-refractivity contribution in [3.63, 3.8) is 0 Å². The van der Waals surface area contributed by atoms with Crippen LogP contribution in [0.3, 0.4) is 0 Å². The molecule has 1 fully saturated rings. The Hall–Kier alpha value is -0.130. The third-order valence-electron chi connectivity index (χ3n) is 1.93. The highest BCUT2D eigenvalue weighted by molar-refractivity contribution is 7.88. The normalized spacial score (nSPS) is 18.3. The SMILES string of the molecule is CC.CC.CN1CCN(S(C)(=O)=O)CC1. The minimum Gasteiger partial charge on any atom is -0.304 e. The van der Waals surface area contributed by atoms with Crippen LogP contribution in [0.15, 0.2) is 0 Å². The Morgan fingerprint density at radius 3 is 1.47 bits per heavy atom. The lowest BCUT2D eigenvalue weighted by atomic mass is 10.4. The molecule has 94 valence electrons. The summed E-state index contributed by atoms with van der Waals surface area (Å²) in [6, 6.07) is 0. The van der Waals surface area contributed by atoms with Crippen molar-refractivity contribution in [2.24, 2.45) is 0 Å². The van der Waals surface area contributed by atoms with E-state index in [2.05, 4.69) is 4.90 Å². The number of hydrogen-bond acceptors (Lipinski definition) is 3. The Bertz CT molecular complexity index is 220. The van der Waals surface area contributed by atoms with Gasteiger partial charge in [-0.3, -0.25) is 0 Å². The van der Waals surface area contributed by atoms with E-state index >= 15 is 0 Å². The van der Waals surface area contributed by atoms with Gasteiger partial charge in [0.15, 0.2) is 0 Å². The number of likely N-dealkylation sites (N-methyl/N-ethyl adjacent to an activating group) is 1. The van der Waals surface area contributed by atoms with Gasteiger partial charge in [-0.25, -0.2) is 8.42 Å². The smallest absolute Gasteiger partial charge is 0.211 e. The zero-order valence-electron chi connectivity index (χ0n) is 10.9. The van der Waals surface area contributed by atoms with E-state index in [0.29, 0.717) is 13.1 Å². The van der Waals surface area contributed by atoms with Crippen molar-refractivity contribution in [1.82, 2.24) is 9.21 Å². The van der Waals surface area contributed by atoms with Crippen molar-refractivity contribution in [2.75, 3.05) is 39.5 Å². The van der Waals surface area contributed by atoms with Crippen LogP contribution < -0.4 is 0 Å². The molecule has 0 aromatic heterocycles. The summed E-state index contributed by atoms with van der Waals surface area (Å²) in [7, 11) is -0.943. The molecule has 1 rings (SSSR count). The molecule has 0 spiro atoms. The zero-order chi connectivity index (χ0) is 12.5. The van der Waals surface area contributed by atoms with Gasteiger partial charge in [0.05, 0.1) is 6.26 Å². The quantitative estimate of drug-likeness (QED) is 0.690. The zero-order valence-corrected chi connectivity index (χ0v) is 11.8. The van der Waals surface area contributed by atoms with Gasteiger partial charge in [-0.05, 0) is 7.05 Å². The van der Waals surface area contributed by atoms with Crippen LogP contribution in [0.4, 0.5) is 0 Å². The first-order valence-corrected chi connectivity index (χ1v) is 7.48. The van der Waals surface area contributed by atoms with Crippen LogP contribution in [0, 0.1) is 0 Å². The predicted molar refractivity (Wildman–Crippen MR) is 66.6 cm³/mol. The third kappa shape index (κ3) is 7.76. The summed E-state index contributed by atoms with van der Waals surface area (Å²) < 4.78 is 23.5. The van der Waals surface area contributed by atoms with Crippen molar-refractivity contribution < 1.29 is 8.42 Å². The second kappa shape index (κ2) is 9.12. The molecule has 0 aliphatic carbocycles. The Labute approximate surface area is 95.3 Å². The molecule has 0 N–H and O–H groups in total. The van der Waals surface area contributed by atoms with E-state index in [0.717, 1.165) is 13.1 Å². The van der Waals surface area contributed by atoms with Crippen LogP contribution >= 0.6 is 0 Å². The van der Waals surface area contributed by atoms with E-state index in [1.807, 2.05) is 34.7 Å². The number of hydrogen-bond donors (Lipinski definition) is 0. The topological polar surface area (TPSA) is 40.6 Å². The molecule has 0 unspecified atom stereocenters. The first kappa shape index (κ1) is 17.3. The van der Waals surface area contributed by atoms with Crippen molar-refractivity contribution in [2.45, 2.75) is 27.7 Å².